The highest BCUT2D eigenvalue weighted by molar-refractivity contribution is 5.91. The van der Waals surface area contributed by atoms with Crippen LogP contribution in [0.15, 0.2) is 11.6 Å². The first-order valence-corrected chi connectivity index (χ1v) is 9.04. The molecule has 0 radical (unpaired) electrons. The van der Waals surface area contributed by atoms with Gasteiger partial charge in [-0.25, -0.2) is 4.39 Å². The molecule has 0 unspecified atom stereocenters. The Kier molecular flexibility index (Phi) is 3.48. The van der Waals surface area contributed by atoms with Crippen molar-refractivity contribution in [2.24, 2.45) is 29.1 Å². The van der Waals surface area contributed by atoms with Crippen LogP contribution in [0.4, 0.5) is 4.39 Å². The summed E-state index contributed by atoms with van der Waals surface area (Å²) >= 11 is 0. The number of ketones is 1. The Morgan fingerprint density at radius 2 is 2.05 bits per heavy atom. The van der Waals surface area contributed by atoms with Crippen molar-refractivity contribution in [3.8, 4) is 0 Å². The van der Waals surface area contributed by atoms with Crippen LogP contribution < -0.4 is 0 Å². The van der Waals surface area contributed by atoms with Gasteiger partial charge in [0.05, 0.1) is 6.10 Å². The molecule has 0 aromatic rings. The third-order valence-electron chi connectivity index (χ3n) is 7.47. The molecule has 0 aromatic carbocycles. The van der Waals surface area contributed by atoms with Crippen molar-refractivity contribution < 1.29 is 14.3 Å². The van der Waals surface area contributed by atoms with E-state index in [0.717, 1.165) is 37.7 Å². The van der Waals surface area contributed by atoms with Crippen LogP contribution in [0, 0.1) is 29.1 Å². The fourth-order valence-corrected chi connectivity index (χ4v) is 6.33. The zero-order valence-electron chi connectivity index (χ0n) is 13.4. The van der Waals surface area contributed by atoms with E-state index >= 15 is 0 Å². The van der Waals surface area contributed by atoms with Crippen molar-refractivity contribution in [2.45, 2.75) is 70.6 Å². The molecule has 2 nitrogen and oxygen atoms in total. The number of rotatable bonds is 0. The number of carbonyl (C=O) groups excluding carboxylic acids is 1. The average molecular weight is 306 g/mol. The maximum Gasteiger partial charge on any atom is 0.155 e. The highest BCUT2D eigenvalue weighted by Gasteiger charge is 2.56. The van der Waals surface area contributed by atoms with Gasteiger partial charge in [0.2, 0.25) is 0 Å². The molecule has 3 saturated carbocycles. The maximum absolute atomic E-state index is 14.6. The van der Waals surface area contributed by atoms with Gasteiger partial charge in [-0.15, -0.1) is 0 Å². The number of aliphatic hydroxyl groups is 1. The van der Waals surface area contributed by atoms with Crippen molar-refractivity contribution in [3.05, 3.63) is 11.6 Å². The Labute approximate surface area is 132 Å². The first-order chi connectivity index (χ1) is 10.5. The summed E-state index contributed by atoms with van der Waals surface area (Å²) in [6.45, 7) is 2.23. The molecule has 0 heterocycles. The SMILES string of the molecule is C[C@@]12CC[C@@H]3[C@H](C[C@@H](F)CC4=CC(=O)CC[C@H]43)[C@@H]1CC[C@@H]2O. The van der Waals surface area contributed by atoms with Crippen LogP contribution in [0.25, 0.3) is 0 Å². The third kappa shape index (κ3) is 2.11. The minimum absolute atomic E-state index is 0.000406. The molecule has 0 amide bonds. The van der Waals surface area contributed by atoms with Gasteiger partial charge in [0.25, 0.3) is 0 Å². The number of fused-ring (bicyclic) bond motifs is 5. The van der Waals surface area contributed by atoms with Crippen molar-refractivity contribution in [1.82, 2.24) is 0 Å². The summed E-state index contributed by atoms with van der Waals surface area (Å²) in [7, 11) is 0. The Morgan fingerprint density at radius 3 is 2.86 bits per heavy atom. The fraction of sp³-hybridized carbons (Fsp3) is 0.842. The molecule has 1 N–H and O–H groups in total. The number of halogens is 1. The molecule has 22 heavy (non-hydrogen) atoms. The number of allylic oxidation sites excluding steroid dienone is 2. The molecule has 122 valence electrons. The molecular weight excluding hydrogens is 279 g/mol. The zero-order chi connectivity index (χ0) is 15.5. The molecule has 4 aliphatic carbocycles. The van der Waals surface area contributed by atoms with E-state index in [1.165, 1.54) is 0 Å². The quantitative estimate of drug-likeness (QED) is 0.738. The molecule has 4 aliphatic rings. The first kappa shape index (κ1) is 14.9. The summed E-state index contributed by atoms with van der Waals surface area (Å²) in [6, 6.07) is 0. The number of alkyl halides is 1. The van der Waals surface area contributed by atoms with Crippen LogP contribution in [-0.4, -0.2) is 23.2 Å². The van der Waals surface area contributed by atoms with E-state index in [1.54, 1.807) is 6.08 Å². The minimum Gasteiger partial charge on any atom is -0.393 e. The minimum atomic E-state index is -0.810. The van der Waals surface area contributed by atoms with E-state index in [-0.39, 0.29) is 17.3 Å². The normalized spacial score (nSPS) is 51.4. The molecule has 3 fully saturated rings. The van der Waals surface area contributed by atoms with Gasteiger partial charge in [0.1, 0.15) is 6.17 Å². The standard InChI is InChI=1S/C19H27FO2/c1-19-7-6-15-14-3-2-13(21)9-11(14)8-12(20)10-16(15)17(19)4-5-18(19)22/h9,12,14-18,22H,2-8,10H2,1H3/t12-,14+,15-,16-,17-,18-,19+/m0/s1. The lowest BCUT2D eigenvalue weighted by molar-refractivity contribution is -0.115. The fourth-order valence-electron chi connectivity index (χ4n) is 6.33. The van der Waals surface area contributed by atoms with Crippen LogP contribution in [0.2, 0.25) is 0 Å². The van der Waals surface area contributed by atoms with Crippen molar-refractivity contribution >= 4 is 5.78 Å². The van der Waals surface area contributed by atoms with E-state index in [2.05, 4.69) is 6.92 Å². The first-order valence-electron chi connectivity index (χ1n) is 9.04. The Balaban J connectivity index is 1.69. The molecular formula is C19H27FO2. The summed E-state index contributed by atoms with van der Waals surface area (Å²) in [5, 5.41) is 10.4. The zero-order valence-corrected chi connectivity index (χ0v) is 13.4. The van der Waals surface area contributed by atoms with Gasteiger partial charge in [-0.05, 0) is 73.7 Å². The number of carbonyl (C=O) groups is 1. The number of hydrogen-bond donors (Lipinski definition) is 1. The molecule has 0 aliphatic heterocycles. The molecule has 4 rings (SSSR count). The van der Waals surface area contributed by atoms with Crippen LogP contribution in [-0.2, 0) is 4.79 Å². The Hall–Kier alpha value is -0.700. The van der Waals surface area contributed by atoms with Crippen LogP contribution in [0.1, 0.15) is 58.3 Å². The summed E-state index contributed by atoms with van der Waals surface area (Å²) < 4.78 is 14.6. The summed E-state index contributed by atoms with van der Waals surface area (Å²) in [6.07, 6.45) is 7.51. The van der Waals surface area contributed by atoms with Gasteiger partial charge in [-0.2, -0.15) is 0 Å². The van der Waals surface area contributed by atoms with Crippen LogP contribution >= 0.6 is 0 Å². The Morgan fingerprint density at radius 1 is 1.23 bits per heavy atom. The predicted octanol–water partition coefficient (Wildman–Crippen LogP) is 3.83. The largest absolute Gasteiger partial charge is 0.393 e. The van der Waals surface area contributed by atoms with Crippen molar-refractivity contribution in [3.63, 3.8) is 0 Å². The van der Waals surface area contributed by atoms with Gasteiger partial charge >= 0.3 is 0 Å². The summed E-state index contributed by atoms with van der Waals surface area (Å²) in [4.78, 5) is 11.7. The highest BCUT2D eigenvalue weighted by Crippen LogP contribution is 2.61. The van der Waals surface area contributed by atoms with Crippen molar-refractivity contribution in [2.75, 3.05) is 0 Å². The molecule has 0 bridgehead atoms. The average Bonchev–Trinajstić information content (AvgIpc) is 2.69. The van der Waals surface area contributed by atoms with Gasteiger partial charge in [0.15, 0.2) is 5.78 Å². The monoisotopic (exact) mass is 306 g/mol. The lowest BCUT2D eigenvalue weighted by Gasteiger charge is -2.49. The van der Waals surface area contributed by atoms with Gasteiger partial charge < -0.3 is 5.11 Å². The number of hydrogen-bond acceptors (Lipinski definition) is 2. The molecule has 7 atom stereocenters. The van der Waals surface area contributed by atoms with E-state index < -0.39 is 6.17 Å². The highest BCUT2D eigenvalue weighted by atomic mass is 19.1. The molecule has 3 heteroatoms. The lowest BCUT2D eigenvalue weighted by Crippen LogP contribution is -2.45. The topological polar surface area (TPSA) is 37.3 Å². The van der Waals surface area contributed by atoms with Gasteiger partial charge in [-0.3, -0.25) is 4.79 Å². The summed E-state index contributed by atoms with van der Waals surface area (Å²) in [5.41, 5.74) is 1.10. The van der Waals surface area contributed by atoms with E-state index in [9.17, 15) is 14.3 Å². The Bertz CT molecular complexity index is 514. The molecule has 0 saturated heterocycles. The summed E-state index contributed by atoms with van der Waals surface area (Å²) in [5.74, 6) is 2.01. The second-order valence-corrected chi connectivity index (χ2v) is 8.44. The smallest absolute Gasteiger partial charge is 0.155 e. The van der Waals surface area contributed by atoms with Gasteiger partial charge in [0, 0.05) is 12.8 Å². The number of aliphatic hydroxyl groups excluding tert-OH is 1. The predicted molar refractivity (Wildman–Crippen MR) is 83.0 cm³/mol. The van der Waals surface area contributed by atoms with Crippen LogP contribution in [0.3, 0.4) is 0 Å². The molecule has 0 aromatic heterocycles. The van der Waals surface area contributed by atoms with Crippen molar-refractivity contribution in [1.29, 1.82) is 0 Å². The maximum atomic E-state index is 14.6. The van der Waals surface area contributed by atoms with E-state index in [0.29, 0.717) is 42.9 Å². The second-order valence-electron chi connectivity index (χ2n) is 8.44. The lowest BCUT2D eigenvalue weighted by atomic mass is 9.56. The van der Waals surface area contributed by atoms with Gasteiger partial charge in [-0.1, -0.05) is 12.5 Å². The van der Waals surface area contributed by atoms with Crippen LogP contribution in [0.5, 0.6) is 0 Å². The third-order valence-corrected chi connectivity index (χ3v) is 7.47. The van der Waals surface area contributed by atoms with E-state index in [1.807, 2.05) is 0 Å². The molecule has 0 spiro atoms. The second kappa shape index (κ2) is 5.15. The van der Waals surface area contributed by atoms with E-state index in [4.69, 9.17) is 0 Å².